The van der Waals surface area contributed by atoms with Gasteiger partial charge in [0.15, 0.2) is 0 Å². The van der Waals surface area contributed by atoms with E-state index in [4.69, 9.17) is 0 Å². The van der Waals surface area contributed by atoms with Crippen LogP contribution in [0.5, 0.6) is 0 Å². The number of benzene rings is 1. The van der Waals surface area contributed by atoms with Crippen LogP contribution in [0.15, 0.2) is 53.1 Å². The lowest BCUT2D eigenvalue weighted by Gasteiger charge is -2.22. The molecule has 0 fully saturated rings. The summed E-state index contributed by atoms with van der Waals surface area (Å²) >= 11 is 3.36. The molecule has 1 aromatic carbocycles. The second kappa shape index (κ2) is 8.43. The topological polar surface area (TPSA) is 59.5 Å². The summed E-state index contributed by atoms with van der Waals surface area (Å²) in [6.45, 7) is 0.609. The molecule has 0 aliphatic rings. The van der Waals surface area contributed by atoms with E-state index in [1.165, 1.54) is 7.11 Å². The Kier molecular flexibility index (Phi) is 6.29. The molecule has 0 unspecified atom stereocenters. The van der Waals surface area contributed by atoms with Gasteiger partial charge in [-0.15, -0.1) is 0 Å². The minimum atomic E-state index is -0.349. The van der Waals surface area contributed by atoms with Crippen molar-refractivity contribution >= 4 is 27.8 Å². The number of pyridine rings is 1. The molecule has 1 heterocycles. The first-order chi connectivity index (χ1) is 11.1. The average Bonchev–Trinajstić information content (AvgIpc) is 2.58. The first kappa shape index (κ1) is 17.1. The van der Waals surface area contributed by atoms with E-state index in [0.717, 1.165) is 10.2 Å². The molecule has 0 spiro atoms. The van der Waals surface area contributed by atoms with Crippen LogP contribution in [-0.4, -0.2) is 35.4 Å². The standard InChI is InChI=1S/C17H17BrN2O3/c1-23-16(21)8-10-20(12-15-7-2-3-9-19-15)17(22)13-5-4-6-14(18)11-13/h2-7,9,11H,8,10,12H2,1H3. The molecular formula is C17H17BrN2O3. The van der Waals surface area contributed by atoms with Crippen LogP contribution < -0.4 is 0 Å². The number of hydrogen-bond donors (Lipinski definition) is 0. The number of carbonyl (C=O) groups is 2. The SMILES string of the molecule is COC(=O)CCN(Cc1ccccn1)C(=O)c1cccc(Br)c1. The number of esters is 1. The molecule has 0 saturated heterocycles. The molecular weight excluding hydrogens is 360 g/mol. The fraction of sp³-hybridized carbons (Fsp3) is 0.235. The van der Waals surface area contributed by atoms with Gasteiger partial charge in [-0.1, -0.05) is 28.1 Å². The predicted octanol–water partition coefficient (Wildman–Crippen LogP) is 3.05. The summed E-state index contributed by atoms with van der Waals surface area (Å²) in [7, 11) is 1.33. The van der Waals surface area contributed by atoms with E-state index in [-0.39, 0.29) is 24.8 Å². The van der Waals surface area contributed by atoms with Gasteiger partial charge in [0, 0.05) is 22.8 Å². The molecule has 0 radical (unpaired) electrons. The highest BCUT2D eigenvalue weighted by Gasteiger charge is 2.18. The van der Waals surface area contributed by atoms with Crippen LogP contribution >= 0.6 is 15.9 Å². The number of carbonyl (C=O) groups excluding carboxylic acids is 2. The zero-order valence-corrected chi connectivity index (χ0v) is 14.3. The Morgan fingerprint density at radius 2 is 2.04 bits per heavy atom. The summed E-state index contributed by atoms with van der Waals surface area (Å²) in [5.74, 6) is -0.501. The maximum absolute atomic E-state index is 12.7. The molecule has 0 bridgehead atoms. The summed E-state index contributed by atoms with van der Waals surface area (Å²) < 4.78 is 5.48. The van der Waals surface area contributed by atoms with Crippen molar-refractivity contribution in [1.29, 1.82) is 0 Å². The maximum Gasteiger partial charge on any atom is 0.307 e. The third-order valence-corrected chi connectivity index (χ3v) is 3.74. The van der Waals surface area contributed by atoms with Gasteiger partial charge in [0.1, 0.15) is 0 Å². The van der Waals surface area contributed by atoms with Crippen molar-refractivity contribution in [3.63, 3.8) is 0 Å². The molecule has 0 aliphatic heterocycles. The Morgan fingerprint density at radius 3 is 2.70 bits per heavy atom. The van der Waals surface area contributed by atoms with E-state index >= 15 is 0 Å². The van der Waals surface area contributed by atoms with E-state index in [0.29, 0.717) is 12.1 Å². The van der Waals surface area contributed by atoms with E-state index in [1.54, 1.807) is 29.3 Å². The van der Waals surface area contributed by atoms with E-state index < -0.39 is 0 Å². The van der Waals surface area contributed by atoms with E-state index in [2.05, 4.69) is 25.7 Å². The number of aromatic nitrogens is 1. The summed E-state index contributed by atoms with van der Waals surface area (Å²) in [6, 6.07) is 12.7. The van der Waals surface area contributed by atoms with Crippen molar-refractivity contribution < 1.29 is 14.3 Å². The van der Waals surface area contributed by atoms with Crippen LogP contribution in [0.2, 0.25) is 0 Å². The highest BCUT2D eigenvalue weighted by Crippen LogP contribution is 2.15. The lowest BCUT2D eigenvalue weighted by molar-refractivity contribution is -0.140. The van der Waals surface area contributed by atoms with Gasteiger partial charge < -0.3 is 9.64 Å². The second-order valence-corrected chi connectivity index (χ2v) is 5.80. The second-order valence-electron chi connectivity index (χ2n) is 4.88. The summed E-state index contributed by atoms with van der Waals surface area (Å²) in [5.41, 5.74) is 1.32. The number of nitrogens with zero attached hydrogens (tertiary/aromatic N) is 2. The number of ether oxygens (including phenoxy) is 1. The predicted molar refractivity (Wildman–Crippen MR) is 89.8 cm³/mol. The van der Waals surface area contributed by atoms with Gasteiger partial charge in [0.25, 0.3) is 5.91 Å². The zero-order valence-electron chi connectivity index (χ0n) is 12.7. The Hall–Kier alpha value is -2.21. The molecule has 120 valence electrons. The van der Waals surface area contributed by atoms with Crippen LogP contribution in [0.25, 0.3) is 0 Å². The molecule has 0 saturated carbocycles. The minimum absolute atomic E-state index is 0.142. The highest BCUT2D eigenvalue weighted by molar-refractivity contribution is 9.10. The Labute approximate surface area is 143 Å². The van der Waals surface area contributed by atoms with Crippen LogP contribution in [0.3, 0.4) is 0 Å². The summed E-state index contributed by atoms with van der Waals surface area (Å²) in [6.07, 6.45) is 1.82. The third kappa shape index (κ3) is 5.17. The molecule has 0 atom stereocenters. The minimum Gasteiger partial charge on any atom is -0.469 e. The molecule has 2 aromatic rings. The largest absolute Gasteiger partial charge is 0.469 e. The summed E-state index contributed by atoms with van der Waals surface area (Å²) in [5, 5.41) is 0. The quantitative estimate of drug-likeness (QED) is 0.726. The Bertz CT molecular complexity index is 677. The van der Waals surface area contributed by atoms with Gasteiger partial charge in [-0.25, -0.2) is 0 Å². The fourth-order valence-electron chi connectivity index (χ4n) is 2.07. The molecule has 5 nitrogen and oxygen atoms in total. The molecule has 0 N–H and O–H groups in total. The fourth-order valence-corrected chi connectivity index (χ4v) is 2.47. The first-order valence-corrected chi connectivity index (χ1v) is 7.91. The van der Waals surface area contributed by atoms with Crippen molar-refractivity contribution in [3.05, 3.63) is 64.4 Å². The normalized spacial score (nSPS) is 10.2. The maximum atomic E-state index is 12.7. The lowest BCUT2D eigenvalue weighted by Crippen LogP contribution is -2.33. The van der Waals surface area contributed by atoms with Gasteiger partial charge in [-0.3, -0.25) is 14.6 Å². The van der Waals surface area contributed by atoms with Crippen molar-refractivity contribution in [2.24, 2.45) is 0 Å². The Morgan fingerprint density at radius 1 is 1.22 bits per heavy atom. The van der Waals surface area contributed by atoms with Gasteiger partial charge in [-0.2, -0.15) is 0 Å². The molecule has 2 rings (SSSR count). The van der Waals surface area contributed by atoms with Crippen molar-refractivity contribution in [1.82, 2.24) is 9.88 Å². The van der Waals surface area contributed by atoms with Crippen molar-refractivity contribution in [2.75, 3.05) is 13.7 Å². The number of methoxy groups -OCH3 is 1. The van der Waals surface area contributed by atoms with Gasteiger partial charge in [0.2, 0.25) is 0 Å². The average molecular weight is 377 g/mol. The molecule has 23 heavy (non-hydrogen) atoms. The van der Waals surface area contributed by atoms with E-state index in [9.17, 15) is 9.59 Å². The molecule has 1 aromatic heterocycles. The van der Waals surface area contributed by atoms with Crippen molar-refractivity contribution in [2.45, 2.75) is 13.0 Å². The van der Waals surface area contributed by atoms with E-state index in [1.807, 2.05) is 24.3 Å². The lowest BCUT2D eigenvalue weighted by atomic mass is 10.2. The number of amides is 1. The number of hydrogen-bond acceptors (Lipinski definition) is 4. The first-order valence-electron chi connectivity index (χ1n) is 7.11. The molecule has 6 heteroatoms. The van der Waals surface area contributed by atoms with Crippen LogP contribution in [0, 0.1) is 0 Å². The van der Waals surface area contributed by atoms with Crippen LogP contribution in [-0.2, 0) is 16.1 Å². The smallest absolute Gasteiger partial charge is 0.307 e. The third-order valence-electron chi connectivity index (χ3n) is 3.25. The summed E-state index contributed by atoms with van der Waals surface area (Å²) in [4.78, 5) is 30.0. The number of rotatable bonds is 6. The molecule has 0 aliphatic carbocycles. The van der Waals surface area contributed by atoms with Crippen molar-refractivity contribution in [3.8, 4) is 0 Å². The monoisotopic (exact) mass is 376 g/mol. The number of halogens is 1. The van der Waals surface area contributed by atoms with Gasteiger partial charge >= 0.3 is 5.97 Å². The zero-order chi connectivity index (χ0) is 16.7. The van der Waals surface area contributed by atoms with Crippen LogP contribution in [0.1, 0.15) is 22.5 Å². The molecule has 1 amide bonds. The van der Waals surface area contributed by atoms with Crippen LogP contribution in [0.4, 0.5) is 0 Å². The highest BCUT2D eigenvalue weighted by atomic mass is 79.9. The van der Waals surface area contributed by atoms with Gasteiger partial charge in [0.05, 0.1) is 25.8 Å². The van der Waals surface area contributed by atoms with Gasteiger partial charge in [-0.05, 0) is 30.3 Å². The Balaban J connectivity index is 2.17.